The summed E-state index contributed by atoms with van der Waals surface area (Å²) < 4.78 is 10.9. The largest absolute Gasteiger partial charge is 0.385 e. The molecule has 0 aromatic carbocycles. The maximum atomic E-state index is 5.90. The van der Waals surface area contributed by atoms with Gasteiger partial charge in [0, 0.05) is 53.2 Å². The van der Waals surface area contributed by atoms with Crippen LogP contribution in [0.2, 0.25) is 5.15 Å². The first-order valence-electron chi connectivity index (χ1n) is 8.39. The number of guanidine groups is 1. The molecule has 1 fully saturated rings. The van der Waals surface area contributed by atoms with Crippen molar-refractivity contribution in [1.82, 2.24) is 15.2 Å². The number of halogens is 2. The highest BCUT2D eigenvalue weighted by molar-refractivity contribution is 14.0. The van der Waals surface area contributed by atoms with Crippen molar-refractivity contribution in [3.05, 3.63) is 29.0 Å². The zero-order valence-electron chi connectivity index (χ0n) is 14.9. The fourth-order valence-electron chi connectivity index (χ4n) is 2.71. The van der Waals surface area contributed by atoms with Crippen molar-refractivity contribution in [3.63, 3.8) is 0 Å². The van der Waals surface area contributed by atoms with Crippen molar-refractivity contribution < 1.29 is 9.47 Å². The first kappa shape index (κ1) is 22.4. The summed E-state index contributed by atoms with van der Waals surface area (Å²) in [6.45, 7) is 4.12. The molecule has 142 valence electrons. The number of nitrogens with one attached hydrogen (secondary N) is 1. The van der Waals surface area contributed by atoms with E-state index in [1.54, 1.807) is 19.4 Å². The highest BCUT2D eigenvalue weighted by Gasteiger charge is 2.21. The average Bonchev–Trinajstić information content (AvgIpc) is 2.62. The number of likely N-dealkylation sites (tertiary alicyclic amines) is 1. The summed E-state index contributed by atoms with van der Waals surface area (Å²) in [5, 5.41) is 3.90. The Morgan fingerprint density at radius 3 is 2.72 bits per heavy atom. The van der Waals surface area contributed by atoms with Gasteiger partial charge in [-0.15, -0.1) is 24.0 Å². The van der Waals surface area contributed by atoms with E-state index >= 15 is 0 Å². The third-order valence-electron chi connectivity index (χ3n) is 4.04. The van der Waals surface area contributed by atoms with Gasteiger partial charge >= 0.3 is 0 Å². The van der Waals surface area contributed by atoms with Crippen LogP contribution in [0.3, 0.4) is 0 Å². The smallest absolute Gasteiger partial charge is 0.193 e. The van der Waals surface area contributed by atoms with E-state index in [4.69, 9.17) is 21.1 Å². The molecule has 1 aliphatic heterocycles. The van der Waals surface area contributed by atoms with Crippen molar-refractivity contribution in [2.45, 2.75) is 31.9 Å². The first-order chi connectivity index (χ1) is 11.7. The summed E-state index contributed by atoms with van der Waals surface area (Å²) in [7, 11) is 3.53. The number of hydrogen-bond acceptors (Lipinski definition) is 4. The minimum Gasteiger partial charge on any atom is -0.385 e. The SMILES string of the molecule is CN=C(NCc1ccc(Cl)nc1)N1CCC(OCCCOC)CC1.I. The minimum absolute atomic E-state index is 0. The Morgan fingerprint density at radius 2 is 2.12 bits per heavy atom. The highest BCUT2D eigenvalue weighted by atomic mass is 127. The molecule has 0 amide bonds. The second-order valence-corrected chi connectivity index (χ2v) is 6.18. The summed E-state index contributed by atoms with van der Waals surface area (Å²) in [6.07, 6.45) is 5.13. The van der Waals surface area contributed by atoms with Crippen molar-refractivity contribution in [2.24, 2.45) is 4.99 Å². The normalized spacial score (nSPS) is 15.8. The average molecular weight is 483 g/mol. The predicted molar refractivity (Wildman–Crippen MR) is 112 cm³/mol. The molecule has 2 rings (SSSR count). The van der Waals surface area contributed by atoms with Crippen LogP contribution in [-0.2, 0) is 16.0 Å². The molecule has 0 bridgehead atoms. The summed E-state index contributed by atoms with van der Waals surface area (Å²) in [4.78, 5) is 10.8. The van der Waals surface area contributed by atoms with Crippen LogP contribution in [0.1, 0.15) is 24.8 Å². The molecule has 6 nitrogen and oxygen atoms in total. The van der Waals surface area contributed by atoms with Crippen molar-refractivity contribution >= 4 is 41.5 Å². The van der Waals surface area contributed by atoms with Crippen LogP contribution in [0.25, 0.3) is 0 Å². The number of pyridine rings is 1. The van der Waals surface area contributed by atoms with Gasteiger partial charge < -0.3 is 19.7 Å². The van der Waals surface area contributed by atoms with E-state index in [-0.39, 0.29) is 24.0 Å². The van der Waals surface area contributed by atoms with E-state index in [0.717, 1.165) is 57.1 Å². The van der Waals surface area contributed by atoms with Gasteiger partial charge in [-0.2, -0.15) is 0 Å². The Morgan fingerprint density at radius 1 is 1.36 bits per heavy atom. The maximum Gasteiger partial charge on any atom is 0.193 e. The number of hydrogen-bond donors (Lipinski definition) is 1. The molecular formula is C17H28ClIN4O2. The number of aliphatic imine (C=N–C) groups is 1. The quantitative estimate of drug-likeness (QED) is 0.213. The van der Waals surface area contributed by atoms with Crippen LogP contribution in [0.5, 0.6) is 0 Å². The fourth-order valence-corrected chi connectivity index (χ4v) is 2.82. The summed E-state index contributed by atoms with van der Waals surface area (Å²) >= 11 is 5.81. The third kappa shape index (κ3) is 8.06. The zero-order valence-corrected chi connectivity index (χ0v) is 18.0. The van der Waals surface area contributed by atoms with Crippen molar-refractivity contribution in [1.29, 1.82) is 0 Å². The Labute approximate surface area is 172 Å². The van der Waals surface area contributed by atoms with Crippen LogP contribution < -0.4 is 5.32 Å². The molecule has 1 aromatic rings. The molecule has 0 atom stereocenters. The molecule has 0 spiro atoms. The number of nitrogens with zero attached hydrogens (tertiary/aromatic N) is 3. The Hall–Kier alpha value is -0.640. The molecule has 1 N–H and O–H groups in total. The van der Waals surface area contributed by atoms with Crippen LogP contribution >= 0.6 is 35.6 Å². The minimum atomic E-state index is 0. The Balaban J connectivity index is 0.00000312. The third-order valence-corrected chi connectivity index (χ3v) is 4.26. The topological polar surface area (TPSA) is 59.0 Å². The predicted octanol–water partition coefficient (Wildman–Crippen LogP) is 2.95. The molecule has 2 heterocycles. The van der Waals surface area contributed by atoms with Gasteiger partial charge in [0.25, 0.3) is 0 Å². The van der Waals surface area contributed by atoms with Gasteiger partial charge in [0.1, 0.15) is 5.15 Å². The zero-order chi connectivity index (χ0) is 17.2. The lowest BCUT2D eigenvalue weighted by Crippen LogP contribution is -2.46. The molecule has 1 saturated heterocycles. The Bertz CT molecular complexity index is 508. The monoisotopic (exact) mass is 482 g/mol. The highest BCUT2D eigenvalue weighted by Crippen LogP contribution is 2.14. The van der Waals surface area contributed by atoms with Gasteiger partial charge in [0.2, 0.25) is 0 Å². The van der Waals surface area contributed by atoms with Crippen molar-refractivity contribution in [2.75, 3.05) is 40.5 Å². The number of aromatic nitrogens is 1. The molecule has 1 aromatic heterocycles. The lowest BCUT2D eigenvalue weighted by atomic mass is 10.1. The van der Waals surface area contributed by atoms with Gasteiger partial charge in [0.05, 0.1) is 6.10 Å². The van der Waals surface area contributed by atoms with Gasteiger partial charge in [0.15, 0.2) is 5.96 Å². The fraction of sp³-hybridized carbons (Fsp3) is 0.647. The standard InChI is InChI=1S/C17H27ClN4O2.HI/c1-19-17(21-13-14-4-5-16(18)20-12-14)22-8-6-15(7-9-22)24-11-3-10-23-2;/h4-5,12,15H,3,6-11,13H2,1-2H3,(H,19,21);1H. The molecule has 0 aliphatic carbocycles. The molecule has 1 aliphatic rings. The van der Waals surface area contributed by atoms with Gasteiger partial charge in [-0.3, -0.25) is 4.99 Å². The Kier molecular flexibility index (Phi) is 11.4. The van der Waals surface area contributed by atoms with Crippen LogP contribution in [0.15, 0.2) is 23.3 Å². The number of ether oxygens (including phenoxy) is 2. The lowest BCUT2D eigenvalue weighted by Gasteiger charge is -2.34. The van der Waals surface area contributed by atoms with E-state index in [9.17, 15) is 0 Å². The second-order valence-electron chi connectivity index (χ2n) is 5.79. The van der Waals surface area contributed by atoms with E-state index in [2.05, 4.69) is 20.2 Å². The summed E-state index contributed by atoms with van der Waals surface area (Å²) in [6, 6.07) is 3.77. The molecule has 8 heteroatoms. The van der Waals surface area contributed by atoms with E-state index in [1.807, 2.05) is 13.1 Å². The van der Waals surface area contributed by atoms with E-state index in [0.29, 0.717) is 17.8 Å². The van der Waals surface area contributed by atoms with Crippen LogP contribution in [0.4, 0.5) is 0 Å². The van der Waals surface area contributed by atoms with Crippen LogP contribution in [-0.4, -0.2) is 62.4 Å². The number of methoxy groups -OCH3 is 1. The summed E-state index contributed by atoms with van der Waals surface area (Å²) in [5.74, 6) is 0.919. The number of piperidine rings is 1. The van der Waals surface area contributed by atoms with Crippen molar-refractivity contribution in [3.8, 4) is 0 Å². The molecule has 0 unspecified atom stereocenters. The molecule has 0 radical (unpaired) electrons. The lowest BCUT2D eigenvalue weighted by molar-refractivity contribution is 0.00989. The molecule has 0 saturated carbocycles. The second kappa shape index (κ2) is 12.7. The summed E-state index contributed by atoms with van der Waals surface area (Å²) in [5.41, 5.74) is 1.08. The maximum absolute atomic E-state index is 5.90. The van der Waals surface area contributed by atoms with E-state index in [1.165, 1.54) is 0 Å². The van der Waals surface area contributed by atoms with Gasteiger partial charge in [-0.1, -0.05) is 17.7 Å². The number of rotatable bonds is 7. The van der Waals surface area contributed by atoms with E-state index < -0.39 is 0 Å². The van der Waals surface area contributed by atoms with Gasteiger partial charge in [-0.05, 0) is 30.9 Å². The van der Waals surface area contributed by atoms with Crippen LogP contribution in [0, 0.1) is 0 Å². The molecular weight excluding hydrogens is 455 g/mol. The van der Waals surface area contributed by atoms with Gasteiger partial charge in [-0.25, -0.2) is 4.98 Å². The molecule has 25 heavy (non-hydrogen) atoms. The first-order valence-corrected chi connectivity index (χ1v) is 8.77.